The highest BCUT2D eigenvalue weighted by Gasteiger charge is 2.33. The number of allylic oxidation sites excluding steroid dienone is 1. The molecule has 1 aliphatic heterocycles. The Bertz CT molecular complexity index is 1320. The zero-order valence-electron chi connectivity index (χ0n) is 16.8. The minimum absolute atomic E-state index is 0.0799. The Hall–Kier alpha value is -4.62. The molecule has 0 saturated heterocycles. The van der Waals surface area contributed by atoms with Crippen LogP contribution in [0.4, 0.5) is 4.39 Å². The summed E-state index contributed by atoms with van der Waals surface area (Å²) in [6.45, 7) is 0.150. The van der Waals surface area contributed by atoms with Gasteiger partial charge in [-0.05, 0) is 30.3 Å². The van der Waals surface area contributed by atoms with Gasteiger partial charge in [-0.1, -0.05) is 17.2 Å². The van der Waals surface area contributed by atoms with Crippen molar-refractivity contribution in [2.45, 2.75) is 6.54 Å². The van der Waals surface area contributed by atoms with Crippen LogP contribution >= 0.6 is 0 Å². The lowest BCUT2D eigenvalue weighted by atomic mass is 9.93. The zero-order valence-corrected chi connectivity index (χ0v) is 16.8. The van der Waals surface area contributed by atoms with Crippen molar-refractivity contribution in [2.24, 2.45) is 15.8 Å². The third-order valence-corrected chi connectivity index (χ3v) is 4.68. The number of halogens is 1. The number of nitrogens with two attached hydrogens (primary N) is 3. The van der Waals surface area contributed by atoms with Crippen molar-refractivity contribution in [3.63, 3.8) is 0 Å². The van der Waals surface area contributed by atoms with Gasteiger partial charge >= 0.3 is 0 Å². The van der Waals surface area contributed by atoms with Gasteiger partial charge in [-0.25, -0.2) is 30.2 Å². The van der Waals surface area contributed by atoms with E-state index >= 15 is 0 Å². The van der Waals surface area contributed by atoms with E-state index in [1.54, 1.807) is 36.5 Å². The van der Waals surface area contributed by atoms with Crippen LogP contribution in [0, 0.1) is 17.1 Å². The van der Waals surface area contributed by atoms with E-state index in [2.05, 4.69) is 31.1 Å². The number of nitrogens with zero attached hydrogens (tertiary/aromatic N) is 6. The standard InChI is InChI=1S/C22H16FN9/c23-15-5-2-7-28-17(15)11-30-32-21-18(16-6-8-27-12-29-16)20(31-22(26)19(21)25)14-4-1-3-13(9-14)10-24/h1-9,12,25,30H,11H2,(H2,26,31)/p+2/b25-19?,32-21-. The van der Waals surface area contributed by atoms with E-state index in [-0.39, 0.29) is 23.8 Å². The van der Waals surface area contributed by atoms with Crippen molar-refractivity contribution in [1.29, 1.82) is 5.26 Å². The third-order valence-electron chi connectivity index (χ3n) is 4.68. The average molecular weight is 427 g/mol. The fraction of sp³-hybridized carbons (Fsp3) is 0.0455. The van der Waals surface area contributed by atoms with Crippen LogP contribution in [0.15, 0.2) is 71.3 Å². The second-order valence-electron chi connectivity index (χ2n) is 6.72. The molecule has 32 heavy (non-hydrogen) atoms. The van der Waals surface area contributed by atoms with Gasteiger partial charge in [-0.2, -0.15) is 5.26 Å². The SMILES string of the molecule is N#Cc1cccc(C2=C(c3ccncn3)/C(=N/[NH2+]Cc3ncccc3F)C(=[NH2+])C(N)=N2)c1. The van der Waals surface area contributed by atoms with Crippen molar-refractivity contribution in [2.75, 3.05) is 0 Å². The van der Waals surface area contributed by atoms with Crippen LogP contribution in [0.25, 0.3) is 11.3 Å². The fourth-order valence-corrected chi connectivity index (χ4v) is 3.16. The Morgan fingerprint density at radius 3 is 2.78 bits per heavy atom. The van der Waals surface area contributed by atoms with Crippen molar-refractivity contribution in [3.8, 4) is 6.07 Å². The topological polar surface area (TPSA) is 155 Å². The van der Waals surface area contributed by atoms with Gasteiger partial charge < -0.3 is 5.73 Å². The number of rotatable bonds is 5. The number of nitriles is 1. The maximum Gasteiger partial charge on any atom is 0.271 e. The highest BCUT2D eigenvalue weighted by molar-refractivity contribution is 6.76. The molecule has 9 nitrogen and oxygen atoms in total. The van der Waals surface area contributed by atoms with Gasteiger partial charge in [0.1, 0.15) is 18.6 Å². The molecule has 10 heteroatoms. The van der Waals surface area contributed by atoms with Gasteiger partial charge in [0.2, 0.25) is 5.71 Å². The summed E-state index contributed by atoms with van der Waals surface area (Å²) in [5, 5.41) is 20.1. The maximum atomic E-state index is 13.9. The molecule has 0 amide bonds. The number of amidine groups is 1. The zero-order chi connectivity index (χ0) is 22.5. The van der Waals surface area contributed by atoms with Crippen LogP contribution < -0.4 is 16.6 Å². The molecule has 156 valence electrons. The first-order valence-electron chi connectivity index (χ1n) is 9.56. The molecule has 1 aromatic carbocycles. The minimum Gasteiger partial charge on any atom is -0.378 e. The first-order chi connectivity index (χ1) is 15.6. The molecule has 6 N–H and O–H groups in total. The molecule has 0 radical (unpaired) electrons. The molecule has 3 heterocycles. The summed E-state index contributed by atoms with van der Waals surface area (Å²) in [5.74, 6) is -0.345. The van der Waals surface area contributed by atoms with Crippen molar-refractivity contribution in [3.05, 3.63) is 89.5 Å². The highest BCUT2D eigenvalue weighted by Crippen LogP contribution is 2.30. The summed E-state index contributed by atoms with van der Waals surface area (Å²) in [5.41, 5.74) is 11.0. The molecule has 0 spiro atoms. The molecule has 3 aromatic rings. The Balaban J connectivity index is 1.84. The quantitative estimate of drug-likeness (QED) is 0.368. The Morgan fingerprint density at radius 1 is 1.16 bits per heavy atom. The number of aliphatic imine (C=N–C) groups is 1. The molecule has 0 saturated carbocycles. The number of aromatic nitrogens is 3. The molecule has 2 aromatic heterocycles. The lowest BCUT2D eigenvalue weighted by molar-refractivity contribution is -0.677. The molecule has 0 atom stereocenters. The summed E-state index contributed by atoms with van der Waals surface area (Å²) in [7, 11) is 0. The maximum absolute atomic E-state index is 13.9. The van der Waals surface area contributed by atoms with E-state index in [0.29, 0.717) is 33.8 Å². The molecule has 1 aliphatic rings. The fourth-order valence-electron chi connectivity index (χ4n) is 3.16. The molecule has 0 aliphatic carbocycles. The van der Waals surface area contributed by atoms with Crippen LogP contribution in [0.1, 0.15) is 22.5 Å². The van der Waals surface area contributed by atoms with E-state index in [1.165, 1.54) is 30.1 Å². The molecular weight excluding hydrogens is 409 g/mol. The first kappa shape index (κ1) is 20.6. The van der Waals surface area contributed by atoms with Crippen LogP contribution in [0.2, 0.25) is 0 Å². The lowest BCUT2D eigenvalue weighted by Gasteiger charge is -2.17. The second kappa shape index (κ2) is 9.03. The molecule has 4 rings (SSSR count). The van der Waals surface area contributed by atoms with Gasteiger partial charge in [0.25, 0.3) is 5.71 Å². The van der Waals surface area contributed by atoms with E-state index in [9.17, 15) is 9.65 Å². The molecule has 0 bridgehead atoms. The normalized spacial score (nSPS) is 14.9. The van der Waals surface area contributed by atoms with Crippen molar-refractivity contribution < 1.29 is 15.2 Å². The summed E-state index contributed by atoms with van der Waals surface area (Å²) in [4.78, 5) is 16.8. The number of hydrogen-bond acceptors (Lipinski definition) is 7. The van der Waals surface area contributed by atoms with Crippen LogP contribution in [-0.4, -0.2) is 32.2 Å². The van der Waals surface area contributed by atoms with Gasteiger partial charge in [0.05, 0.1) is 28.6 Å². The Kier molecular flexibility index (Phi) is 5.83. The van der Waals surface area contributed by atoms with E-state index < -0.39 is 5.82 Å². The minimum atomic E-state index is -0.425. The predicted molar refractivity (Wildman–Crippen MR) is 116 cm³/mol. The first-order valence-corrected chi connectivity index (χ1v) is 9.56. The highest BCUT2D eigenvalue weighted by atomic mass is 19.1. The Morgan fingerprint density at radius 2 is 2.03 bits per heavy atom. The molecule has 0 fully saturated rings. The number of pyridine rings is 1. The Labute approximate surface area is 182 Å². The van der Waals surface area contributed by atoms with Gasteiger partial charge in [-0.3, -0.25) is 4.98 Å². The van der Waals surface area contributed by atoms with Crippen molar-refractivity contribution in [1.82, 2.24) is 15.0 Å². The smallest absolute Gasteiger partial charge is 0.271 e. The third kappa shape index (κ3) is 4.14. The van der Waals surface area contributed by atoms with Crippen LogP contribution in [0.3, 0.4) is 0 Å². The monoisotopic (exact) mass is 427 g/mol. The number of benzene rings is 1. The number of hydrogen-bond donors (Lipinski definition) is 3. The summed E-state index contributed by atoms with van der Waals surface area (Å²) < 4.78 is 13.9. The van der Waals surface area contributed by atoms with E-state index in [0.717, 1.165) is 0 Å². The molecule has 0 unspecified atom stereocenters. The van der Waals surface area contributed by atoms with Crippen molar-refractivity contribution >= 4 is 28.5 Å². The second-order valence-corrected chi connectivity index (χ2v) is 6.72. The van der Waals surface area contributed by atoms with Crippen LogP contribution in [0.5, 0.6) is 0 Å². The predicted octanol–water partition coefficient (Wildman–Crippen LogP) is -0.559. The lowest BCUT2D eigenvalue weighted by Crippen LogP contribution is -2.77. The van der Waals surface area contributed by atoms with Gasteiger partial charge in [0, 0.05) is 18.0 Å². The van der Waals surface area contributed by atoms with Crippen LogP contribution in [-0.2, 0) is 6.54 Å². The summed E-state index contributed by atoms with van der Waals surface area (Å²) in [6.07, 6.45) is 4.49. The average Bonchev–Trinajstić information content (AvgIpc) is 2.83. The molecular formula is C22H18FN9+2. The summed E-state index contributed by atoms with van der Waals surface area (Å²) in [6, 6.07) is 13.6. The largest absolute Gasteiger partial charge is 0.378 e. The van der Waals surface area contributed by atoms with Gasteiger partial charge in [-0.15, -0.1) is 0 Å². The number of quaternary nitrogens is 1. The van der Waals surface area contributed by atoms with E-state index in [4.69, 9.17) is 11.1 Å². The van der Waals surface area contributed by atoms with E-state index in [1.807, 2.05) is 0 Å². The summed E-state index contributed by atoms with van der Waals surface area (Å²) >= 11 is 0. The van der Waals surface area contributed by atoms with Gasteiger partial charge in [0.15, 0.2) is 11.7 Å².